The molecule has 3 aromatic rings. The number of nitrogens with one attached hydrogen (secondary N) is 1. The maximum absolute atomic E-state index is 13.2. The number of urea groups is 1. The number of furan rings is 1. The first-order chi connectivity index (χ1) is 14.5. The molecule has 0 unspecified atom stereocenters. The highest BCUT2D eigenvalue weighted by Gasteiger charge is 2.46. The van der Waals surface area contributed by atoms with E-state index < -0.39 is 18.0 Å². The molecule has 0 bridgehead atoms. The Balaban J connectivity index is 1.59. The van der Waals surface area contributed by atoms with E-state index in [-0.39, 0.29) is 18.9 Å². The molecule has 7 heteroatoms. The Bertz CT molecular complexity index is 1050. The van der Waals surface area contributed by atoms with Gasteiger partial charge in [-0.1, -0.05) is 35.9 Å². The van der Waals surface area contributed by atoms with E-state index in [0.717, 1.165) is 10.5 Å². The van der Waals surface area contributed by atoms with Gasteiger partial charge in [-0.2, -0.15) is 0 Å². The third-order valence-electron chi connectivity index (χ3n) is 4.95. The van der Waals surface area contributed by atoms with Crippen molar-refractivity contribution in [3.63, 3.8) is 0 Å². The maximum atomic E-state index is 13.2. The number of benzene rings is 2. The number of para-hydroxylation sites is 1. The highest BCUT2D eigenvalue weighted by molar-refractivity contribution is 6.22. The second-order valence-electron chi connectivity index (χ2n) is 7.13. The van der Waals surface area contributed by atoms with Crippen LogP contribution in [0.1, 0.15) is 17.7 Å². The smallest absolute Gasteiger partial charge is 0.332 e. The van der Waals surface area contributed by atoms with Crippen LogP contribution in [0.15, 0.2) is 77.4 Å². The molecule has 7 nitrogen and oxygen atoms in total. The Morgan fingerprint density at radius 1 is 1.00 bits per heavy atom. The van der Waals surface area contributed by atoms with Crippen LogP contribution < -0.4 is 10.2 Å². The Morgan fingerprint density at radius 2 is 1.73 bits per heavy atom. The molecule has 1 N–H and O–H groups in total. The van der Waals surface area contributed by atoms with Crippen molar-refractivity contribution in [2.24, 2.45) is 0 Å². The van der Waals surface area contributed by atoms with E-state index in [1.807, 2.05) is 37.3 Å². The maximum Gasteiger partial charge on any atom is 0.332 e. The molecule has 1 aliphatic heterocycles. The van der Waals surface area contributed by atoms with Gasteiger partial charge in [-0.3, -0.25) is 9.59 Å². The fourth-order valence-electron chi connectivity index (χ4n) is 3.42. The zero-order valence-corrected chi connectivity index (χ0v) is 16.4. The topological polar surface area (TPSA) is 82.9 Å². The van der Waals surface area contributed by atoms with Gasteiger partial charge in [0.15, 0.2) is 0 Å². The van der Waals surface area contributed by atoms with Crippen LogP contribution in [0.4, 0.5) is 16.2 Å². The van der Waals surface area contributed by atoms with Crippen molar-refractivity contribution in [2.75, 3.05) is 10.2 Å². The van der Waals surface area contributed by atoms with Crippen molar-refractivity contribution in [3.8, 4) is 0 Å². The van der Waals surface area contributed by atoms with Crippen molar-refractivity contribution in [1.82, 2.24) is 4.90 Å². The van der Waals surface area contributed by atoms with Crippen LogP contribution in [0, 0.1) is 6.92 Å². The highest BCUT2D eigenvalue weighted by atomic mass is 16.3. The van der Waals surface area contributed by atoms with Crippen LogP contribution in [0.5, 0.6) is 0 Å². The Morgan fingerprint density at radius 3 is 2.40 bits per heavy atom. The molecule has 1 aliphatic rings. The van der Waals surface area contributed by atoms with Crippen LogP contribution in [0.3, 0.4) is 0 Å². The highest BCUT2D eigenvalue weighted by Crippen LogP contribution is 2.29. The summed E-state index contributed by atoms with van der Waals surface area (Å²) in [5, 5.41) is 2.77. The first-order valence-corrected chi connectivity index (χ1v) is 9.61. The zero-order chi connectivity index (χ0) is 21.1. The molecule has 0 saturated carbocycles. The van der Waals surface area contributed by atoms with Gasteiger partial charge in [-0.25, -0.2) is 9.69 Å². The summed E-state index contributed by atoms with van der Waals surface area (Å²) >= 11 is 0. The number of carbonyl (C=O) groups excluding carboxylic acids is 3. The normalized spacial score (nSPS) is 16.2. The Kier molecular flexibility index (Phi) is 5.34. The average molecular weight is 403 g/mol. The van der Waals surface area contributed by atoms with Gasteiger partial charge in [0, 0.05) is 5.69 Å². The van der Waals surface area contributed by atoms with Crippen molar-refractivity contribution in [2.45, 2.75) is 25.9 Å². The summed E-state index contributed by atoms with van der Waals surface area (Å²) in [5.74, 6) is -0.239. The van der Waals surface area contributed by atoms with Crippen LogP contribution >= 0.6 is 0 Å². The molecule has 1 atom stereocenters. The summed E-state index contributed by atoms with van der Waals surface area (Å²) in [6.45, 7) is 2.03. The predicted octanol–water partition coefficient (Wildman–Crippen LogP) is 3.95. The molecule has 0 spiro atoms. The van der Waals surface area contributed by atoms with Crippen LogP contribution in [0.2, 0.25) is 0 Å². The molecule has 30 heavy (non-hydrogen) atoms. The van der Waals surface area contributed by atoms with Gasteiger partial charge >= 0.3 is 6.03 Å². The fraction of sp³-hybridized carbons (Fsp3) is 0.174. The summed E-state index contributed by atoms with van der Waals surface area (Å²) < 4.78 is 5.36. The predicted molar refractivity (Wildman–Crippen MR) is 112 cm³/mol. The second-order valence-corrected chi connectivity index (χ2v) is 7.13. The zero-order valence-electron chi connectivity index (χ0n) is 16.4. The van der Waals surface area contributed by atoms with E-state index in [1.54, 1.807) is 36.4 Å². The summed E-state index contributed by atoms with van der Waals surface area (Å²) in [7, 11) is 0. The Hall–Kier alpha value is -3.87. The lowest BCUT2D eigenvalue weighted by Gasteiger charge is -2.20. The number of amides is 4. The summed E-state index contributed by atoms with van der Waals surface area (Å²) in [6, 6.07) is 18.2. The number of imide groups is 1. The van der Waals surface area contributed by atoms with Gasteiger partial charge in [-0.15, -0.1) is 0 Å². The molecule has 1 saturated heterocycles. The van der Waals surface area contributed by atoms with E-state index in [0.29, 0.717) is 17.1 Å². The molecule has 1 aromatic heterocycles. The van der Waals surface area contributed by atoms with Gasteiger partial charge in [0.25, 0.3) is 5.91 Å². The fourth-order valence-corrected chi connectivity index (χ4v) is 3.42. The molecule has 0 aliphatic carbocycles. The summed E-state index contributed by atoms with van der Waals surface area (Å²) in [5.41, 5.74) is 2.13. The number of hydrogen-bond acceptors (Lipinski definition) is 4. The second kappa shape index (κ2) is 8.24. The number of hydrogen-bond donors (Lipinski definition) is 1. The first-order valence-electron chi connectivity index (χ1n) is 9.61. The lowest BCUT2D eigenvalue weighted by atomic mass is 10.1. The molecular weight excluding hydrogens is 382 g/mol. The van der Waals surface area contributed by atoms with Gasteiger partial charge in [0.2, 0.25) is 5.91 Å². The number of nitrogens with zero attached hydrogens (tertiary/aromatic N) is 2. The SMILES string of the molecule is Cc1ccc(N2C(=O)[C@@H](CC(=O)Nc3ccccc3)N(Cc3ccco3)C2=O)cc1. The third kappa shape index (κ3) is 3.96. The van der Waals surface area contributed by atoms with E-state index >= 15 is 0 Å². The van der Waals surface area contributed by atoms with E-state index in [2.05, 4.69) is 5.32 Å². The van der Waals surface area contributed by atoms with Gasteiger partial charge in [-0.05, 0) is 43.3 Å². The third-order valence-corrected chi connectivity index (χ3v) is 4.95. The van der Waals surface area contributed by atoms with Crippen molar-refractivity contribution in [1.29, 1.82) is 0 Å². The lowest BCUT2D eigenvalue weighted by Crippen LogP contribution is -2.37. The van der Waals surface area contributed by atoms with Gasteiger partial charge in [0.1, 0.15) is 11.8 Å². The molecule has 1 fully saturated rings. The number of anilines is 2. The summed E-state index contributed by atoms with van der Waals surface area (Å²) in [6.07, 6.45) is 1.36. The monoisotopic (exact) mass is 403 g/mol. The molecule has 152 valence electrons. The van der Waals surface area contributed by atoms with Gasteiger partial charge < -0.3 is 14.6 Å². The molecular formula is C23H21N3O4. The van der Waals surface area contributed by atoms with Gasteiger partial charge in [0.05, 0.1) is 24.9 Å². The minimum atomic E-state index is -0.924. The van der Waals surface area contributed by atoms with Crippen LogP contribution in [0.25, 0.3) is 0 Å². The standard InChI is InChI=1S/C23H21N3O4/c1-16-9-11-18(12-10-16)26-22(28)20(14-21(27)24-17-6-3-2-4-7-17)25(23(26)29)15-19-8-5-13-30-19/h2-13,20H,14-15H2,1H3,(H,24,27)/t20-/m1/s1. The van der Waals surface area contributed by atoms with E-state index in [4.69, 9.17) is 4.42 Å². The average Bonchev–Trinajstić information content (AvgIpc) is 3.33. The van der Waals surface area contributed by atoms with Crippen molar-refractivity contribution in [3.05, 3.63) is 84.3 Å². The number of aryl methyl sites for hydroxylation is 1. The molecule has 4 rings (SSSR count). The molecule has 4 amide bonds. The molecule has 2 aromatic carbocycles. The quantitative estimate of drug-likeness (QED) is 0.632. The minimum absolute atomic E-state index is 0.100. The number of rotatable bonds is 6. The van der Waals surface area contributed by atoms with Crippen molar-refractivity contribution < 1.29 is 18.8 Å². The lowest BCUT2D eigenvalue weighted by molar-refractivity contribution is -0.124. The summed E-state index contributed by atoms with van der Waals surface area (Å²) in [4.78, 5) is 41.4. The van der Waals surface area contributed by atoms with Crippen molar-refractivity contribution >= 4 is 29.2 Å². The number of carbonyl (C=O) groups is 3. The molecule has 0 radical (unpaired) electrons. The molecule has 2 heterocycles. The van der Waals surface area contributed by atoms with Crippen LogP contribution in [-0.4, -0.2) is 28.8 Å². The van der Waals surface area contributed by atoms with E-state index in [9.17, 15) is 14.4 Å². The van der Waals surface area contributed by atoms with E-state index in [1.165, 1.54) is 11.2 Å². The minimum Gasteiger partial charge on any atom is -0.467 e. The largest absolute Gasteiger partial charge is 0.467 e. The first kappa shape index (κ1) is 19.4. The Labute approximate surface area is 173 Å². The van der Waals surface area contributed by atoms with Crippen LogP contribution in [-0.2, 0) is 16.1 Å².